The van der Waals surface area contributed by atoms with Crippen molar-refractivity contribution in [1.82, 2.24) is 9.88 Å². The lowest BCUT2D eigenvalue weighted by molar-refractivity contribution is 0.0736. The van der Waals surface area contributed by atoms with Crippen LogP contribution in [0.15, 0.2) is 24.4 Å². The molecule has 0 aliphatic carbocycles. The Hall–Kier alpha value is -2.75. The third-order valence-corrected chi connectivity index (χ3v) is 7.80. The Morgan fingerprint density at radius 2 is 1.62 bits per heavy atom. The zero-order chi connectivity index (χ0) is 23.0. The molecule has 2 saturated heterocycles. The molecule has 1 amide bonds. The van der Waals surface area contributed by atoms with E-state index < -0.39 is 33.1 Å². The van der Waals surface area contributed by atoms with Gasteiger partial charge in [0.25, 0.3) is 5.91 Å². The molecule has 10 heteroatoms. The molecule has 32 heavy (non-hydrogen) atoms. The third-order valence-electron chi connectivity index (χ3n) is 5.93. The first kappa shape index (κ1) is 22.4. The number of carbonyl (C=O) groups is 1. The number of aryl methyl sites for hydroxylation is 2. The lowest BCUT2D eigenvalue weighted by Crippen LogP contribution is -2.49. The standard InChI is InChI=1S/C22H26F2N4O3S/c1-15-11-16(2)21(25-14-15)26-6-8-27(9-7-26)22(29)20-18(23)12-17(13-19(20)24)28-5-3-4-10-32(28,30)31/h11-14H,3-10H2,1-2H3. The molecule has 7 nitrogen and oxygen atoms in total. The largest absolute Gasteiger partial charge is 0.353 e. The van der Waals surface area contributed by atoms with Gasteiger partial charge in [-0.15, -0.1) is 0 Å². The molecule has 2 aromatic rings. The number of anilines is 2. The minimum absolute atomic E-state index is 0.0590. The molecule has 172 valence electrons. The zero-order valence-electron chi connectivity index (χ0n) is 18.1. The van der Waals surface area contributed by atoms with Crippen molar-refractivity contribution in [1.29, 1.82) is 0 Å². The first-order valence-corrected chi connectivity index (χ1v) is 12.3. The van der Waals surface area contributed by atoms with Crippen molar-refractivity contribution in [2.75, 3.05) is 47.7 Å². The van der Waals surface area contributed by atoms with Crippen molar-refractivity contribution in [2.45, 2.75) is 26.7 Å². The van der Waals surface area contributed by atoms with E-state index in [1.165, 1.54) is 4.90 Å². The van der Waals surface area contributed by atoms with Crippen LogP contribution in [-0.4, -0.2) is 62.7 Å². The normalized spacial score (nSPS) is 18.7. The van der Waals surface area contributed by atoms with Crippen LogP contribution >= 0.6 is 0 Å². The Labute approximate surface area is 186 Å². The summed E-state index contributed by atoms with van der Waals surface area (Å²) in [7, 11) is -3.61. The van der Waals surface area contributed by atoms with E-state index in [-0.39, 0.29) is 18.0 Å². The predicted molar refractivity (Wildman–Crippen MR) is 119 cm³/mol. The molecule has 0 N–H and O–H groups in total. The predicted octanol–water partition coefficient (Wildman–Crippen LogP) is 2.87. The average Bonchev–Trinajstić information content (AvgIpc) is 2.73. The molecular weight excluding hydrogens is 438 g/mol. The van der Waals surface area contributed by atoms with Crippen LogP contribution in [0.1, 0.15) is 34.3 Å². The second kappa shape index (κ2) is 8.65. The second-order valence-electron chi connectivity index (χ2n) is 8.31. The molecule has 2 fully saturated rings. The highest BCUT2D eigenvalue weighted by Crippen LogP contribution is 2.28. The zero-order valence-corrected chi connectivity index (χ0v) is 19.0. The maximum Gasteiger partial charge on any atom is 0.259 e. The summed E-state index contributed by atoms with van der Waals surface area (Å²) in [5, 5.41) is 0. The Bertz CT molecular complexity index is 1120. The molecule has 2 aliphatic heterocycles. The summed E-state index contributed by atoms with van der Waals surface area (Å²) >= 11 is 0. The van der Waals surface area contributed by atoms with Crippen LogP contribution in [0.3, 0.4) is 0 Å². The Morgan fingerprint density at radius 1 is 0.969 bits per heavy atom. The van der Waals surface area contributed by atoms with Gasteiger partial charge in [0.15, 0.2) is 0 Å². The summed E-state index contributed by atoms with van der Waals surface area (Å²) in [6.45, 7) is 5.70. The molecule has 0 spiro atoms. The molecule has 4 rings (SSSR count). The van der Waals surface area contributed by atoms with Gasteiger partial charge in [-0.05, 0) is 49.9 Å². The number of halogens is 2. The summed E-state index contributed by atoms with van der Waals surface area (Å²) in [6.07, 6.45) is 2.92. The minimum atomic E-state index is -3.61. The molecule has 1 aromatic carbocycles. The van der Waals surface area contributed by atoms with Crippen molar-refractivity contribution in [2.24, 2.45) is 0 Å². The van der Waals surface area contributed by atoms with Gasteiger partial charge in [-0.2, -0.15) is 0 Å². The van der Waals surface area contributed by atoms with Gasteiger partial charge in [0.2, 0.25) is 10.0 Å². The Morgan fingerprint density at radius 3 is 2.22 bits per heavy atom. The number of amides is 1. The number of aromatic nitrogens is 1. The summed E-state index contributed by atoms with van der Waals surface area (Å²) in [5.74, 6) is -2.06. The third kappa shape index (κ3) is 4.28. The van der Waals surface area contributed by atoms with E-state index in [4.69, 9.17) is 0 Å². The van der Waals surface area contributed by atoms with Gasteiger partial charge >= 0.3 is 0 Å². The molecule has 1 aromatic heterocycles. The first-order chi connectivity index (χ1) is 15.2. The fraction of sp³-hybridized carbons (Fsp3) is 0.455. The summed E-state index contributed by atoms with van der Waals surface area (Å²) < 4.78 is 55.2. The quantitative estimate of drug-likeness (QED) is 0.699. The molecule has 3 heterocycles. The number of nitrogens with zero attached hydrogens (tertiary/aromatic N) is 4. The molecule has 0 unspecified atom stereocenters. The number of hydrogen-bond acceptors (Lipinski definition) is 5. The molecule has 0 saturated carbocycles. The van der Waals surface area contributed by atoms with Crippen LogP contribution in [-0.2, 0) is 10.0 Å². The Balaban J connectivity index is 1.50. The van der Waals surface area contributed by atoms with Gasteiger partial charge in [-0.1, -0.05) is 6.07 Å². The highest BCUT2D eigenvalue weighted by molar-refractivity contribution is 7.92. The van der Waals surface area contributed by atoms with Gasteiger partial charge in [-0.25, -0.2) is 22.2 Å². The summed E-state index contributed by atoms with van der Waals surface area (Å²) in [4.78, 5) is 20.8. The van der Waals surface area contributed by atoms with E-state index in [0.717, 1.165) is 33.4 Å². The number of sulfonamides is 1. The molecule has 2 aliphatic rings. The van der Waals surface area contributed by atoms with Crippen molar-refractivity contribution >= 4 is 27.4 Å². The summed E-state index contributed by atoms with van der Waals surface area (Å²) in [5.41, 5.74) is 1.36. The number of pyridine rings is 1. The van der Waals surface area contributed by atoms with Crippen molar-refractivity contribution in [3.63, 3.8) is 0 Å². The van der Waals surface area contributed by atoms with Crippen molar-refractivity contribution < 1.29 is 22.0 Å². The highest BCUT2D eigenvalue weighted by Gasteiger charge is 2.31. The van der Waals surface area contributed by atoms with E-state index in [2.05, 4.69) is 9.88 Å². The maximum atomic E-state index is 14.8. The smallest absolute Gasteiger partial charge is 0.259 e. The number of piperazine rings is 1. The molecular formula is C22H26F2N4O3S. The minimum Gasteiger partial charge on any atom is -0.353 e. The Kier molecular flexibility index (Phi) is 6.07. The van der Waals surface area contributed by atoms with E-state index in [0.29, 0.717) is 39.0 Å². The van der Waals surface area contributed by atoms with E-state index in [1.54, 1.807) is 6.20 Å². The first-order valence-electron chi connectivity index (χ1n) is 10.6. The van der Waals surface area contributed by atoms with Gasteiger partial charge in [-0.3, -0.25) is 9.10 Å². The highest BCUT2D eigenvalue weighted by atomic mass is 32.2. The van der Waals surface area contributed by atoms with Gasteiger partial charge in [0.1, 0.15) is 23.0 Å². The van der Waals surface area contributed by atoms with Gasteiger partial charge in [0, 0.05) is 38.9 Å². The van der Waals surface area contributed by atoms with E-state index >= 15 is 0 Å². The number of hydrogen-bond donors (Lipinski definition) is 0. The van der Waals surface area contributed by atoms with E-state index in [1.807, 2.05) is 19.9 Å². The van der Waals surface area contributed by atoms with Crippen LogP contribution in [0.2, 0.25) is 0 Å². The van der Waals surface area contributed by atoms with Crippen LogP contribution in [0.4, 0.5) is 20.3 Å². The topological polar surface area (TPSA) is 73.8 Å². The van der Waals surface area contributed by atoms with E-state index in [9.17, 15) is 22.0 Å². The van der Waals surface area contributed by atoms with Crippen LogP contribution < -0.4 is 9.21 Å². The van der Waals surface area contributed by atoms with Crippen LogP contribution in [0.25, 0.3) is 0 Å². The second-order valence-corrected chi connectivity index (χ2v) is 10.3. The number of benzene rings is 1. The summed E-state index contributed by atoms with van der Waals surface area (Å²) in [6, 6.07) is 3.92. The van der Waals surface area contributed by atoms with Gasteiger partial charge < -0.3 is 9.80 Å². The molecule has 0 radical (unpaired) electrons. The van der Waals surface area contributed by atoms with Gasteiger partial charge in [0.05, 0.1) is 11.4 Å². The number of carbonyl (C=O) groups excluding carboxylic acids is 1. The fourth-order valence-electron chi connectivity index (χ4n) is 4.31. The average molecular weight is 465 g/mol. The molecule has 0 atom stereocenters. The lowest BCUT2D eigenvalue weighted by Gasteiger charge is -2.36. The van der Waals surface area contributed by atoms with Crippen molar-refractivity contribution in [3.05, 3.63) is 52.7 Å². The fourth-order valence-corrected chi connectivity index (χ4v) is 5.93. The van der Waals surface area contributed by atoms with Crippen LogP contribution in [0, 0.1) is 25.5 Å². The SMILES string of the molecule is Cc1cnc(N2CCN(C(=O)c3c(F)cc(N4CCCCS4(=O)=O)cc3F)CC2)c(C)c1. The lowest BCUT2D eigenvalue weighted by atomic mass is 10.1. The monoisotopic (exact) mass is 464 g/mol. The molecule has 0 bridgehead atoms. The van der Waals surface area contributed by atoms with Crippen molar-refractivity contribution in [3.8, 4) is 0 Å². The number of rotatable bonds is 3. The maximum absolute atomic E-state index is 14.8. The van der Waals surface area contributed by atoms with Crippen LogP contribution in [0.5, 0.6) is 0 Å².